The zero-order valence-corrected chi connectivity index (χ0v) is 15.2. The molecule has 0 aliphatic carbocycles. The molecule has 3 aromatic rings. The van der Waals surface area contributed by atoms with Crippen molar-refractivity contribution in [2.24, 2.45) is 0 Å². The lowest BCUT2D eigenvalue weighted by Gasteiger charge is -2.24. The van der Waals surface area contributed by atoms with Crippen LogP contribution in [0.3, 0.4) is 0 Å². The maximum atomic E-state index is 12.6. The summed E-state index contributed by atoms with van der Waals surface area (Å²) >= 11 is 0. The second kappa shape index (κ2) is 7.17. The van der Waals surface area contributed by atoms with Crippen LogP contribution >= 0.6 is 0 Å². The number of nitrogens with one attached hydrogen (secondary N) is 1. The number of aromatic nitrogens is 2. The second-order valence-electron chi connectivity index (χ2n) is 6.68. The number of carbonyl (C=O) groups is 1. The minimum Gasteiger partial charge on any atom is -0.497 e. The van der Waals surface area contributed by atoms with Crippen molar-refractivity contribution >= 4 is 11.6 Å². The van der Waals surface area contributed by atoms with Gasteiger partial charge in [0, 0.05) is 19.2 Å². The van der Waals surface area contributed by atoms with Gasteiger partial charge in [-0.3, -0.25) is 9.20 Å². The van der Waals surface area contributed by atoms with Crippen LogP contribution in [0.15, 0.2) is 48.7 Å². The average molecular weight is 353 g/mol. The number of aryl methyl sites for hydroxylation is 1. The average Bonchev–Trinajstić information content (AvgIpc) is 2.96. The highest BCUT2D eigenvalue weighted by Gasteiger charge is 2.24. The molecule has 2 aromatic heterocycles. The van der Waals surface area contributed by atoms with Gasteiger partial charge in [-0.2, -0.15) is 0 Å². The molecule has 0 saturated heterocycles. The number of pyridine rings is 1. The largest absolute Gasteiger partial charge is 0.497 e. The predicted octanol–water partition coefficient (Wildman–Crippen LogP) is 2.37. The van der Waals surface area contributed by atoms with Gasteiger partial charge in [0.05, 0.1) is 18.4 Å². The molecule has 136 valence electrons. The first-order chi connectivity index (χ1) is 12.4. The fraction of sp³-hybridized carbons (Fsp3) is 0.300. The molecule has 0 aliphatic heterocycles. The first-order valence-electron chi connectivity index (χ1n) is 8.47. The summed E-state index contributed by atoms with van der Waals surface area (Å²) in [6.07, 6.45) is 2.23. The summed E-state index contributed by atoms with van der Waals surface area (Å²) in [4.78, 5) is 17.0. The summed E-state index contributed by atoms with van der Waals surface area (Å²) in [5.74, 6) is 0.515. The molecular formula is C20H23N3O3. The Hall–Kier alpha value is -2.86. The van der Waals surface area contributed by atoms with Gasteiger partial charge in [0.15, 0.2) is 0 Å². The molecule has 1 atom stereocenters. The maximum Gasteiger partial charge on any atom is 0.270 e. The molecule has 0 fully saturated rings. The molecule has 3 rings (SSSR count). The van der Waals surface area contributed by atoms with Gasteiger partial charge >= 0.3 is 0 Å². The van der Waals surface area contributed by atoms with E-state index in [1.165, 1.54) is 0 Å². The Morgan fingerprint density at radius 2 is 2.00 bits per heavy atom. The highest BCUT2D eigenvalue weighted by Crippen LogP contribution is 2.17. The quantitative estimate of drug-likeness (QED) is 0.713. The van der Waals surface area contributed by atoms with Crippen LogP contribution in [-0.2, 0) is 6.42 Å². The van der Waals surface area contributed by atoms with Crippen LogP contribution in [0.1, 0.15) is 28.7 Å². The summed E-state index contributed by atoms with van der Waals surface area (Å²) < 4.78 is 6.89. The lowest BCUT2D eigenvalue weighted by Crippen LogP contribution is -2.42. The second-order valence-corrected chi connectivity index (χ2v) is 6.68. The van der Waals surface area contributed by atoms with Crippen LogP contribution in [0, 0.1) is 6.92 Å². The van der Waals surface area contributed by atoms with E-state index in [4.69, 9.17) is 4.74 Å². The smallest absolute Gasteiger partial charge is 0.270 e. The zero-order chi connectivity index (χ0) is 18.7. The molecule has 26 heavy (non-hydrogen) atoms. The fourth-order valence-electron chi connectivity index (χ4n) is 2.99. The Bertz CT molecular complexity index is 914. The van der Waals surface area contributed by atoms with Crippen LogP contribution < -0.4 is 10.1 Å². The third kappa shape index (κ3) is 3.86. The van der Waals surface area contributed by atoms with Crippen LogP contribution in [-0.4, -0.2) is 39.7 Å². The van der Waals surface area contributed by atoms with Crippen molar-refractivity contribution in [2.75, 3.05) is 13.7 Å². The number of methoxy groups -OCH3 is 1. The Balaban J connectivity index is 1.68. The molecule has 0 aliphatic rings. The van der Waals surface area contributed by atoms with Gasteiger partial charge in [0.25, 0.3) is 5.91 Å². The standard InChI is InChI=1S/C20H23N3O3/c1-14-18(23-11-5-4-6-17(23)22-14)19(24)21-13-20(2,25)12-15-7-9-16(26-3)10-8-15/h4-11,25H,12-13H2,1-3H3,(H,21,24). The third-order valence-electron chi connectivity index (χ3n) is 4.29. The lowest BCUT2D eigenvalue weighted by atomic mass is 9.96. The predicted molar refractivity (Wildman–Crippen MR) is 99.6 cm³/mol. The number of aliphatic hydroxyl groups is 1. The number of ether oxygens (including phenoxy) is 1. The number of amides is 1. The summed E-state index contributed by atoms with van der Waals surface area (Å²) in [5, 5.41) is 13.5. The Morgan fingerprint density at radius 3 is 2.69 bits per heavy atom. The zero-order valence-electron chi connectivity index (χ0n) is 15.2. The monoisotopic (exact) mass is 353 g/mol. The van der Waals surface area contributed by atoms with Crippen LogP contribution in [0.4, 0.5) is 0 Å². The molecule has 0 radical (unpaired) electrons. The normalized spacial score (nSPS) is 13.4. The molecule has 6 heteroatoms. The van der Waals surface area contributed by atoms with E-state index in [2.05, 4.69) is 10.3 Å². The van der Waals surface area contributed by atoms with E-state index in [0.717, 1.165) is 17.0 Å². The van der Waals surface area contributed by atoms with Crippen molar-refractivity contribution in [1.29, 1.82) is 0 Å². The Kier molecular flexibility index (Phi) is 4.95. The number of carbonyl (C=O) groups excluding carboxylic acids is 1. The molecule has 2 N–H and O–H groups in total. The summed E-state index contributed by atoms with van der Waals surface area (Å²) in [6.45, 7) is 3.65. The topological polar surface area (TPSA) is 75.9 Å². The first kappa shape index (κ1) is 17.9. The summed E-state index contributed by atoms with van der Waals surface area (Å²) in [6, 6.07) is 13.1. The highest BCUT2D eigenvalue weighted by atomic mass is 16.5. The molecule has 0 bridgehead atoms. The molecule has 6 nitrogen and oxygen atoms in total. The maximum absolute atomic E-state index is 12.6. The van der Waals surface area contributed by atoms with E-state index in [0.29, 0.717) is 17.8 Å². The van der Waals surface area contributed by atoms with Gasteiger partial charge in [0.2, 0.25) is 0 Å². The van der Waals surface area contributed by atoms with Gasteiger partial charge in [-0.1, -0.05) is 18.2 Å². The van der Waals surface area contributed by atoms with Crippen LogP contribution in [0.2, 0.25) is 0 Å². The van der Waals surface area contributed by atoms with Gasteiger partial charge < -0.3 is 15.2 Å². The highest BCUT2D eigenvalue weighted by molar-refractivity contribution is 5.94. The van der Waals surface area contributed by atoms with E-state index < -0.39 is 5.60 Å². The summed E-state index contributed by atoms with van der Waals surface area (Å²) in [5.41, 5.74) is 1.76. The molecule has 1 amide bonds. The van der Waals surface area contributed by atoms with Crippen molar-refractivity contribution in [2.45, 2.75) is 25.9 Å². The van der Waals surface area contributed by atoms with E-state index >= 15 is 0 Å². The van der Waals surface area contributed by atoms with Crippen molar-refractivity contribution in [1.82, 2.24) is 14.7 Å². The van der Waals surface area contributed by atoms with E-state index in [9.17, 15) is 9.90 Å². The molecule has 1 unspecified atom stereocenters. The molecule has 0 saturated carbocycles. The Morgan fingerprint density at radius 1 is 1.27 bits per heavy atom. The number of rotatable bonds is 6. The minimum atomic E-state index is -1.07. The fourth-order valence-corrected chi connectivity index (χ4v) is 2.99. The van der Waals surface area contributed by atoms with Crippen molar-refractivity contribution < 1.29 is 14.6 Å². The van der Waals surface area contributed by atoms with E-state index in [1.807, 2.05) is 42.5 Å². The number of hydrogen-bond donors (Lipinski definition) is 2. The number of fused-ring (bicyclic) bond motifs is 1. The lowest BCUT2D eigenvalue weighted by molar-refractivity contribution is 0.0550. The molecule has 1 aromatic carbocycles. The third-order valence-corrected chi connectivity index (χ3v) is 4.29. The van der Waals surface area contributed by atoms with E-state index in [1.54, 1.807) is 31.6 Å². The van der Waals surface area contributed by atoms with Crippen molar-refractivity contribution in [3.63, 3.8) is 0 Å². The SMILES string of the molecule is COc1ccc(CC(C)(O)CNC(=O)c2c(C)nc3ccccn23)cc1. The number of benzene rings is 1. The number of hydrogen-bond acceptors (Lipinski definition) is 4. The van der Waals surface area contributed by atoms with Gasteiger partial charge in [0.1, 0.15) is 17.1 Å². The van der Waals surface area contributed by atoms with Gasteiger partial charge in [-0.15, -0.1) is 0 Å². The molecule has 2 heterocycles. The summed E-state index contributed by atoms with van der Waals surface area (Å²) in [7, 11) is 1.61. The molecule has 0 spiro atoms. The first-order valence-corrected chi connectivity index (χ1v) is 8.47. The number of nitrogens with zero attached hydrogens (tertiary/aromatic N) is 2. The van der Waals surface area contributed by atoms with Crippen LogP contribution in [0.25, 0.3) is 5.65 Å². The van der Waals surface area contributed by atoms with Crippen LogP contribution in [0.5, 0.6) is 5.75 Å². The Labute approximate surface area is 152 Å². The van der Waals surface area contributed by atoms with Crippen molar-refractivity contribution in [3.8, 4) is 5.75 Å². The van der Waals surface area contributed by atoms with E-state index in [-0.39, 0.29) is 12.5 Å². The minimum absolute atomic E-state index is 0.136. The molecular weight excluding hydrogens is 330 g/mol. The van der Waals surface area contributed by atoms with Gasteiger partial charge in [-0.05, 0) is 43.7 Å². The van der Waals surface area contributed by atoms with Crippen molar-refractivity contribution in [3.05, 3.63) is 65.6 Å². The number of imidazole rings is 1. The van der Waals surface area contributed by atoms with Gasteiger partial charge in [-0.25, -0.2) is 4.98 Å².